The van der Waals surface area contributed by atoms with Crippen LogP contribution in [0.5, 0.6) is 0 Å². The van der Waals surface area contributed by atoms with Crippen molar-refractivity contribution in [3.05, 3.63) is 0 Å². The molecule has 2 bridgehead atoms. The zero-order valence-electron chi connectivity index (χ0n) is 6.17. The van der Waals surface area contributed by atoms with Crippen LogP contribution in [0.3, 0.4) is 0 Å². The molecule has 4 unspecified atom stereocenters. The molecule has 0 spiro atoms. The molecular weight excluding hydrogens is 164 g/mol. The standard InChI is InChI=1S/C7H8O5/c8-6-5-2-1-3(11-6)10-4(2)7(9)12-5/h2-6,8H,1H2/t2?,3?,4-,5?,6?/m1/s1. The molecule has 5 atom stereocenters. The summed E-state index contributed by atoms with van der Waals surface area (Å²) in [7, 11) is 0. The number of carbonyl (C=O) groups is 1. The second kappa shape index (κ2) is 1.99. The first-order valence-corrected chi connectivity index (χ1v) is 3.95. The SMILES string of the molecule is O=C1OC2C(O)OC3CC2[C@H]1O3. The van der Waals surface area contributed by atoms with Crippen LogP contribution in [0.4, 0.5) is 0 Å². The van der Waals surface area contributed by atoms with Gasteiger partial charge in [0.25, 0.3) is 0 Å². The predicted molar refractivity (Wildman–Crippen MR) is 33.7 cm³/mol. The molecule has 0 aromatic rings. The van der Waals surface area contributed by atoms with Crippen LogP contribution >= 0.6 is 0 Å². The largest absolute Gasteiger partial charge is 0.455 e. The molecule has 66 valence electrons. The Bertz CT molecular complexity index is 240. The van der Waals surface area contributed by atoms with Crippen molar-refractivity contribution in [1.82, 2.24) is 0 Å². The summed E-state index contributed by atoms with van der Waals surface area (Å²) in [4.78, 5) is 11.1. The highest BCUT2D eigenvalue weighted by Gasteiger charge is 2.59. The van der Waals surface area contributed by atoms with Gasteiger partial charge < -0.3 is 19.3 Å². The van der Waals surface area contributed by atoms with Crippen LogP contribution in [-0.2, 0) is 19.0 Å². The van der Waals surface area contributed by atoms with Crippen LogP contribution in [0, 0.1) is 5.92 Å². The lowest BCUT2D eigenvalue weighted by Crippen LogP contribution is -2.40. The van der Waals surface area contributed by atoms with Crippen molar-refractivity contribution < 1.29 is 24.1 Å². The Morgan fingerprint density at radius 3 is 3.08 bits per heavy atom. The number of hydrogen-bond donors (Lipinski definition) is 1. The molecule has 0 amide bonds. The molecule has 0 saturated carbocycles. The second-order valence-corrected chi connectivity index (χ2v) is 3.31. The first kappa shape index (κ1) is 6.82. The summed E-state index contributed by atoms with van der Waals surface area (Å²) in [5.41, 5.74) is 0. The van der Waals surface area contributed by atoms with Crippen molar-refractivity contribution in [3.63, 3.8) is 0 Å². The predicted octanol–water partition coefficient (Wildman–Crippen LogP) is -1.01. The molecule has 0 aromatic carbocycles. The second-order valence-electron chi connectivity index (χ2n) is 3.31. The van der Waals surface area contributed by atoms with Gasteiger partial charge in [-0.25, -0.2) is 4.79 Å². The van der Waals surface area contributed by atoms with Gasteiger partial charge in [0.15, 0.2) is 24.8 Å². The number of esters is 1. The van der Waals surface area contributed by atoms with E-state index in [-0.39, 0.29) is 11.9 Å². The topological polar surface area (TPSA) is 65.0 Å². The Balaban J connectivity index is 1.98. The minimum Gasteiger partial charge on any atom is -0.455 e. The first-order valence-electron chi connectivity index (χ1n) is 3.95. The van der Waals surface area contributed by atoms with E-state index >= 15 is 0 Å². The zero-order chi connectivity index (χ0) is 8.29. The van der Waals surface area contributed by atoms with Gasteiger partial charge >= 0.3 is 5.97 Å². The van der Waals surface area contributed by atoms with E-state index in [9.17, 15) is 9.90 Å². The zero-order valence-corrected chi connectivity index (χ0v) is 6.17. The first-order chi connectivity index (χ1) is 5.75. The number of aliphatic hydroxyl groups excluding tert-OH is 1. The molecule has 5 nitrogen and oxygen atoms in total. The summed E-state index contributed by atoms with van der Waals surface area (Å²) in [5, 5.41) is 9.31. The smallest absolute Gasteiger partial charge is 0.336 e. The summed E-state index contributed by atoms with van der Waals surface area (Å²) in [6.45, 7) is 0. The molecule has 3 heterocycles. The van der Waals surface area contributed by atoms with E-state index in [0.717, 1.165) is 0 Å². The molecule has 1 N–H and O–H groups in total. The van der Waals surface area contributed by atoms with Crippen molar-refractivity contribution in [3.8, 4) is 0 Å². The molecule has 0 aliphatic carbocycles. The lowest BCUT2D eigenvalue weighted by Gasteiger charge is -2.28. The van der Waals surface area contributed by atoms with E-state index in [1.165, 1.54) is 0 Å². The third kappa shape index (κ3) is 0.663. The van der Waals surface area contributed by atoms with E-state index in [2.05, 4.69) is 0 Å². The maximum absolute atomic E-state index is 11.1. The Kier molecular flexibility index (Phi) is 1.13. The van der Waals surface area contributed by atoms with E-state index < -0.39 is 24.8 Å². The Morgan fingerprint density at radius 1 is 1.42 bits per heavy atom. The summed E-state index contributed by atoms with van der Waals surface area (Å²) in [6, 6.07) is 0. The average molecular weight is 172 g/mol. The summed E-state index contributed by atoms with van der Waals surface area (Å²) in [6.07, 6.45) is -1.79. The number of ether oxygens (including phenoxy) is 3. The van der Waals surface area contributed by atoms with Gasteiger partial charge in [0, 0.05) is 12.3 Å². The minimum atomic E-state index is -1.01. The molecule has 0 radical (unpaired) electrons. The molecule has 3 rings (SSSR count). The molecule has 3 aliphatic rings. The van der Waals surface area contributed by atoms with E-state index in [4.69, 9.17) is 14.2 Å². The Morgan fingerprint density at radius 2 is 2.25 bits per heavy atom. The Hall–Kier alpha value is -0.650. The van der Waals surface area contributed by atoms with Crippen LogP contribution < -0.4 is 0 Å². The molecule has 5 heteroatoms. The average Bonchev–Trinajstić information content (AvgIpc) is 2.48. The highest BCUT2D eigenvalue weighted by atomic mass is 16.8. The quantitative estimate of drug-likeness (QED) is 0.474. The highest BCUT2D eigenvalue weighted by molar-refractivity contribution is 5.78. The van der Waals surface area contributed by atoms with Crippen molar-refractivity contribution in [2.24, 2.45) is 5.92 Å². The fourth-order valence-electron chi connectivity index (χ4n) is 2.08. The van der Waals surface area contributed by atoms with E-state index in [1.54, 1.807) is 0 Å². The Labute approximate surface area is 68.2 Å². The number of rotatable bonds is 0. The maximum atomic E-state index is 11.1. The van der Waals surface area contributed by atoms with Gasteiger partial charge in [-0.1, -0.05) is 0 Å². The number of carbonyl (C=O) groups excluding carboxylic acids is 1. The van der Waals surface area contributed by atoms with Crippen LogP contribution in [-0.4, -0.2) is 35.9 Å². The van der Waals surface area contributed by atoms with Crippen molar-refractivity contribution >= 4 is 5.97 Å². The normalized spacial score (nSPS) is 55.8. The van der Waals surface area contributed by atoms with Gasteiger partial charge in [-0.15, -0.1) is 0 Å². The summed E-state index contributed by atoms with van der Waals surface area (Å²) < 4.78 is 15.1. The number of hydrogen-bond acceptors (Lipinski definition) is 5. The van der Waals surface area contributed by atoms with Crippen molar-refractivity contribution in [2.45, 2.75) is 31.2 Å². The van der Waals surface area contributed by atoms with E-state index in [1.807, 2.05) is 0 Å². The highest BCUT2D eigenvalue weighted by Crippen LogP contribution is 2.43. The van der Waals surface area contributed by atoms with Gasteiger partial charge in [0.1, 0.15) is 0 Å². The molecule has 3 fully saturated rings. The van der Waals surface area contributed by atoms with Gasteiger partial charge in [-0.2, -0.15) is 0 Å². The number of fused-ring (bicyclic) bond motifs is 1. The summed E-state index contributed by atoms with van der Waals surface area (Å²) in [5.74, 6) is -0.374. The fraction of sp³-hybridized carbons (Fsp3) is 0.857. The van der Waals surface area contributed by atoms with Gasteiger partial charge in [0.05, 0.1) is 0 Å². The third-order valence-electron chi connectivity index (χ3n) is 2.63. The minimum absolute atomic E-state index is 0.00810. The van der Waals surface area contributed by atoms with Crippen LogP contribution in [0.1, 0.15) is 6.42 Å². The van der Waals surface area contributed by atoms with Crippen LogP contribution in [0.15, 0.2) is 0 Å². The lowest BCUT2D eigenvalue weighted by atomic mass is 9.95. The lowest BCUT2D eigenvalue weighted by molar-refractivity contribution is -0.269. The van der Waals surface area contributed by atoms with Gasteiger partial charge in [-0.05, 0) is 0 Å². The number of aliphatic hydroxyl groups is 1. The van der Waals surface area contributed by atoms with Crippen molar-refractivity contribution in [2.75, 3.05) is 0 Å². The molecule has 3 aliphatic heterocycles. The summed E-state index contributed by atoms with van der Waals surface area (Å²) >= 11 is 0. The molecule has 3 saturated heterocycles. The molecular formula is C7H8O5. The maximum Gasteiger partial charge on any atom is 0.336 e. The van der Waals surface area contributed by atoms with Crippen LogP contribution in [0.25, 0.3) is 0 Å². The van der Waals surface area contributed by atoms with Crippen LogP contribution in [0.2, 0.25) is 0 Å². The van der Waals surface area contributed by atoms with Gasteiger partial charge in [-0.3, -0.25) is 0 Å². The monoisotopic (exact) mass is 172 g/mol. The third-order valence-corrected chi connectivity index (χ3v) is 2.63. The van der Waals surface area contributed by atoms with Crippen molar-refractivity contribution in [1.29, 1.82) is 0 Å². The molecule has 0 aromatic heterocycles. The fourth-order valence-corrected chi connectivity index (χ4v) is 2.08. The molecule has 12 heavy (non-hydrogen) atoms. The van der Waals surface area contributed by atoms with Gasteiger partial charge in [0.2, 0.25) is 0 Å². The van der Waals surface area contributed by atoms with E-state index in [0.29, 0.717) is 6.42 Å².